The first-order valence-electron chi connectivity index (χ1n) is 7.82. The highest BCUT2D eigenvalue weighted by molar-refractivity contribution is 5.31. The van der Waals surface area contributed by atoms with Crippen molar-refractivity contribution in [3.8, 4) is 11.8 Å². The van der Waals surface area contributed by atoms with E-state index in [0.717, 1.165) is 31.6 Å². The average molecular weight is 286 g/mol. The average Bonchev–Trinajstić information content (AvgIpc) is 2.82. The third kappa shape index (κ3) is 3.77. The summed E-state index contributed by atoms with van der Waals surface area (Å²) in [5.41, 5.74) is 1.07. The monoisotopic (exact) mass is 286 g/mol. The van der Waals surface area contributed by atoms with Gasteiger partial charge in [-0.3, -0.25) is 5.32 Å². The first-order chi connectivity index (χ1) is 9.88. The molecule has 1 aromatic rings. The van der Waals surface area contributed by atoms with Crippen LogP contribution in [0.4, 0.5) is 0 Å². The van der Waals surface area contributed by atoms with Gasteiger partial charge in [0, 0.05) is 6.42 Å². The predicted molar refractivity (Wildman–Crippen MR) is 85.4 cm³/mol. The van der Waals surface area contributed by atoms with Crippen LogP contribution in [-0.4, -0.2) is 18.2 Å². The Labute approximate surface area is 128 Å². The van der Waals surface area contributed by atoms with Crippen molar-refractivity contribution in [1.82, 2.24) is 5.32 Å². The largest absolute Gasteiger partial charge is 0.490 e. The third-order valence-electron chi connectivity index (χ3n) is 4.22. The van der Waals surface area contributed by atoms with Crippen molar-refractivity contribution in [2.45, 2.75) is 64.0 Å². The van der Waals surface area contributed by atoms with Crippen LogP contribution >= 0.6 is 0 Å². The summed E-state index contributed by atoms with van der Waals surface area (Å²) in [4.78, 5) is 0. The zero-order valence-electron chi connectivity index (χ0n) is 13.6. The summed E-state index contributed by atoms with van der Waals surface area (Å²) in [6.45, 7) is 9.48. The molecule has 0 amide bonds. The molecule has 2 atom stereocenters. The van der Waals surface area contributed by atoms with Crippen LogP contribution in [0, 0.1) is 11.3 Å². The van der Waals surface area contributed by atoms with Crippen molar-refractivity contribution in [2.75, 3.05) is 6.54 Å². The highest BCUT2D eigenvalue weighted by atomic mass is 16.5. The van der Waals surface area contributed by atoms with E-state index < -0.39 is 5.54 Å². The van der Waals surface area contributed by atoms with Crippen molar-refractivity contribution in [1.29, 1.82) is 5.26 Å². The summed E-state index contributed by atoms with van der Waals surface area (Å²) in [6.07, 6.45) is 2.69. The Bertz CT molecular complexity index is 510. The van der Waals surface area contributed by atoms with Gasteiger partial charge in [-0.2, -0.15) is 5.26 Å². The molecular formula is C18H26N2O. The lowest BCUT2D eigenvalue weighted by Crippen LogP contribution is -2.42. The number of hydrogen-bond acceptors (Lipinski definition) is 3. The van der Waals surface area contributed by atoms with Crippen LogP contribution in [0.25, 0.3) is 0 Å². The van der Waals surface area contributed by atoms with Crippen molar-refractivity contribution in [3.63, 3.8) is 0 Å². The number of ether oxygens (including phenoxy) is 1. The Kier molecular flexibility index (Phi) is 4.58. The van der Waals surface area contributed by atoms with Gasteiger partial charge in [-0.25, -0.2) is 0 Å². The highest BCUT2D eigenvalue weighted by Crippen LogP contribution is 2.33. The molecule has 0 spiro atoms. The van der Waals surface area contributed by atoms with E-state index >= 15 is 0 Å². The number of nitriles is 1. The first-order valence-corrected chi connectivity index (χ1v) is 7.82. The van der Waals surface area contributed by atoms with Crippen LogP contribution in [0.2, 0.25) is 0 Å². The molecule has 0 aliphatic heterocycles. The molecule has 0 aromatic heterocycles. The maximum Gasteiger partial charge on any atom is 0.119 e. The van der Waals surface area contributed by atoms with Crippen LogP contribution < -0.4 is 10.1 Å². The fourth-order valence-corrected chi connectivity index (χ4v) is 2.97. The Morgan fingerprint density at radius 1 is 1.33 bits per heavy atom. The summed E-state index contributed by atoms with van der Waals surface area (Å²) in [5, 5.41) is 12.7. The van der Waals surface area contributed by atoms with E-state index in [1.807, 2.05) is 19.1 Å². The molecule has 21 heavy (non-hydrogen) atoms. The molecule has 0 saturated heterocycles. The fraction of sp³-hybridized carbons (Fsp3) is 0.611. The lowest BCUT2D eigenvalue weighted by atomic mass is 9.87. The summed E-state index contributed by atoms with van der Waals surface area (Å²) in [5.74, 6) is 0.901. The second-order valence-electron chi connectivity index (χ2n) is 6.98. The molecule has 1 aliphatic carbocycles. The van der Waals surface area contributed by atoms with Crippen LogP contribution in [-0.2, 0) is 5.41 Å². The van der Waals surface area contributed by atoms with E-state index in [0.29, 0.717) is 0 Å². The second-order valence-corrected chi connectivity index (χ2v) is 6.98. The van der Waals surface area contributed by atoms with Gasteiger partial charge in [-0.15, -0.1) is 0 Å². The number of hydrogen-bond donors (Lipinski definition) is 1. The van der Waals surface area contributed by atoms with Gasteiger partial charge in [0.15, 0.2) is 0 Å². The Morgan fingerprint density at radius 3 is 2.52 bits per heavy atom. The number of benzene rings is 1. The van der Waals surface area contributed by atoms with Crippen molar-refractivity contribution >= 4 is 0 Å². The fourth-order valence-electron chi connectivity index (χ4n) is 2.97. The van der Waals surface area contributed by atoms with Crippen LogP contribution in [0.5, 0.6) is 5.75 Å². The Balaban J connectivity index is 1.99. The minimum atomic E-state index is -0.398. The van der Waals surface area contributed by atoms with E-state index in [1.165, 1.54) is 5.56 Å². The van der Waals surface area contributed by atoms with Crippen molar-refractivity contribution < 1.29 is 4.74 Å². The van der Waals surface area contributed by atoms with Gasteiger partial charge in [0.2, 0.25) is 0 Å². The Hall–Kier alpha value is -1.53. The molecule has 0 bridgehead atoms. The van der Waals surface area contributed by atoms with Gasteiger partial charge in [-0.05, 0) is 42.5 Å². The van der Waals surface area contributed by atoms with Crippen molar-refractivity contribution in [2.24, 2.45) is 0 Å². The molecular weight excluding hydrogens is 260 g/mol. The van der Waals surface area contributed by atoms with Gasteiger partial charge in [-0.1, -0.05) is 39.8 Å². The molecule has 0 radical (unpaired) electrons. The lowest BCUT2D eigenvalue weighted by molar-refractivity contribution is 0.201. The van der Waals surface area contributed by atoms with E-state index in [9.17, 15) is 5.26 Å². The van der Waals surface area contributed by atoms with E-state index in [4.69, 9.17) is 4.74 Å². The molecule has 1 fully saturated rings. The summed E-state index contributed by atoms with van der Waals surface area (Å²) >= 11 is 0. The molecule has 2 rings (SSSR count). The predicted octanol–water partition coefficient (Wildman–Crippen LogP) is 3.79. The molecule has 114 valence electrons. The lowest BCUT2D eigenvalue weighted by Gasteiger charge is -2.22. The zero-order valence-corrected chi connectivity index (χ0v) is 13.6. The first kappa shape index (κ1) is 15.9. The van der Waals surface area contributed by atoms with Gasteiger partial charge in [0.1, 0.15) is 17.4 Å². The van der Waals surface area contributed by atoms with Crippen LogP contribution in [0.3, 0.4) is 0 Å². The van der Waals surface area contributed by atoms with Crippen LogP contribution in [0.1, 0.15) is 52.5 Å². The third-order valence-corrected chi connectivity index (χ3v) is 4.22. The summed E-state index contributed by atoms with van der Waals surface area (Å²) in [7, 11) is 0. The molecule has 1 aromatic carbocycles. The molecule has 3 heteroatoms. The molecule has 2 unspecified atom stereocenters. The van der Waals surface area contributed by atoms with Gasteiger partial charge >= 0.3 is 0 Å². The molecule has 3 nitrogen and oxygen atoms in total. The van der Waals surface area contributed by atoms with Gasteiger partial charge in [0.25, 0.3) is 0 Å². The van der Waals surface area contributed by atoms with E-state index in [1.54, 1.807) is 0 Å². The van der Waals surface area contributed by atoms with Gasteiger partial charge in [0.05, 0.1) is 6.07 Å². The molecule has 1 aliphatic rings. The maximum atomic E-state index is 9.39. The number of nitrogens with one attached hydrogen (secondary N) is 1. The number of nitrogens with zero attached hydrogens (tertiary/aromatic N) is 1. The number of rotatable bonds is 4. The van der Waals surface area contributed by atoms with Crippen LogP contribution in [0.15, 0.2) is 24.3 Å². The summed E-state index contributed by atoms with van der Waals surface area (Å²) in [6, 6.07) is 10.8. The minimum absolute atomic E-state index is 0.129. The standard InChI is InChI=1S/C18H26N2O/c1-5-20-18(13-19)11-10-16(12-18)21-15-8-6-14(7-9-15)17(2,3)4/h6-9,16,20H,5,10-12H2,1-4H3. The maximum absolute atomic E-state index is 9.39. The van der Waals surface area contributed by atoms with E-state index in [2.05, 4.69) is 44.3 Å². The zero-order chi connectivity index (χ0) is 15.5. The topological polar surface area (TPSA) is 45.0 Å². The Morgan fingerprint density at radius 2 is 2.00 bits per heavy atom. The smallest absolute Gasteiger partial charge is 0.119 e. The minimum Gasteiger partial charge on any atom is -0.490 e. The van der Waals surface area contributed by atoms with Gasteiger partial charge < -0.3 is 4.74 Å². The molecule has 0 heterocycles. The van der Waals surface area contributed by atoms with E-state index in [-0.39, 0.29) is 11.5 Å². The molecule has 1 N–H and O–H groups in total. The van der Waals surface area contributed by atoms with Crippen molar-refractivity contribution in [3.05, 3.63) is 29.8 Å². The second kappa shape index (κ2) is 6.07. The SMILES string of the molecule is CCNC1(C#N)CCC(Oc2ccc(C(C)(C)C)cc2)C1. The quantitative estimate of drug-likeness (QED) is 0.916. The normalized spacial score (nSPS) is 25.6. The molecule has 1 saturated carbocycles. The highest BCUT2D eigenvalue weighted by Gasteiger charge is 2.39. The summed E-state index contributed by atoms with van der Waals surface area (Å²) < 4.78 is 6.06.